The van der Waals surface area contributed by atoms with Crippen LogP contribution in [0.4, 0.5) is 0 Å². The van der Waals surface area contributed by atoms with Gasteiger partial charge in [-0.1, -0.05) is 12.1 Å². The van der Waals surface area contributed by atoms with Crippen LogP contribution in [0.2, 0.25) is 0 Å². The summed E-state index contributed by atoms with van der Waals surface area (Å²) in [7, 11) is 1.97. The first-order chi connectivity index (χ1) is 16.1. The van der Waals surface area contributed by atoms with Crippen LogP contribution in [0, 0.1) is 6.92 Å². The molecule has 7 heteroatoms. The Bertz CT molecular complexity index is 1270. The Hall–Kier alpha value is -3.13. The van der Waals surface area contributed by atoms with Gasteiger partial charge in [0.15, 0.2) is 0 Å². The van der Waals surface area contributed by atoms with Crippen LogP contribution in [0.3, 0.4) is 0 Å². The van der Waals surface area contributed by atoms with Gasteiger partial charge >= 0.3 is 0 Å². The number of aliphatic hydroxyl groups excluding tert-OH is 1. The number of nitrogens with zero attached hydrogens (tertiary/aromatic N) is 2. The van der Waals surface area contributed by atoms with Gasteiger partial charge in [-0.05, 0) is 73.8 Å². The highest BCUT2D eigenvalue weighted by atomic mass is 16.6. The first kappa shape index (κ1) is 21.7. The number of fused-ring (bicyclic) bond motifs is 3. The van der Waals surface area contributed by atoms with E-state index in [0.29, 0.717) is 19.2 Å². The van der Waals surface area contributed by atoms with E-state index in [1.165, 1.54) is 12.8 Å². The number of nitrogens with one attached hydrogen (secondary N) is 2. The molecule has 1 saturated carbocycles. The summed E-state index contributed by atoms with van der Waals surface area (Å²) >= 11 is 0. The van der Waals surface area contributed by atoms with Gasteiger partial charge < -0.3 is 24.6 Å². The summed E-state index contributed by atoms with van der Waals surface area (Å²) in [6.07, 6.45) is 4.21. The normalized spacial score (nSPS) is 13.8. The molecule has 0 atom stereocenters. The van der Waals surface area contributed by atoms with Crippen molar-refractivity contribution in [2.75, 3.05) is 33.4 Å². The fourth-order valence-electron chi connectivity index (χ4n) is 4.00. The molecule has 1 aliphatic carbocycles. The number of ether oxygens (including phenoxy) is 1. The molecule has 5 rings (SSSR count). The van der Waals surface area contributed by atoms with Crippen molar-refractivity contribution in [1.29, 1.82) is 0 Å². The number of aliphatic hydroxyl groups is 1. The van der Waals surface area contributed by atoms with Crippen molar-refractivity contribution >= 4 is 21.9 Å². The molecule has 2 aromatic heterocycles. The predicted octanol–water partition coefficient (Wildman–Crippen LogP) is 4.04. The summed E-state index contributed by atoms with van der Waals surface area (Å²) in [4.78, 5) is 15.9. The molecule has 1 fully saturated rings. The van der Waals surface area contributed by atoms with Gasteiger partial charge in [-0.15, -0.1) is 0 Å². The second-order valence-corrected chi connectivity index (χ2v) is 8.79. The fraction of sp³-hybridized carbons (Fsp3) is 0.346. The van der Waals surface area contributed by atoms with Crippen LogP contribution in [0.5, 0.6) is 11.5 Å². The van der Waals surface area contributed by atoms with E-state index in [1.807, 2.05) is 36.3 Å². The van der Waals surface area contributed by atoms with E-state index in [-0.39, 0.29) is 6.61 Å². The number of hydrogen-bond acceptors (Lipinski definition) is 6. The number of likely N-dealkylation sites (N-methyl/N-ethyl adjacent to an activating group) is 1. The molecule has 2 aromatic carbocycles. The van der Waals surface area contributed by atoms with Gasteiger partial charge in [-0.25, -0.2) is 4.98 Å². The number of aryl methyl sites for hydroxylation is 1. The van der Waals surface area contributed by atoms with Crippen LogP contribution in [-0.4, -0.2) is 59.4 Å². The quantitative estimate of drug-likeness (QED) is 0.319. The number of hydroxylamine groups is 1. The van der Waals surface area contributed by atoms with Crippen LogP contribution >= 0.6 is 0 Å². The van der Waals surface area contributed by atoms with Crippen molar-refractivity contribution in [2.45, 2.75) is 25.8 Å². The number of benzene rings is 2. The third kappa shape index (κ3) is 4.80. The molecule has 33 heavy (non-hydrogen) atoms. The zero-order valence-corrected chi connectivity index (χ0v) is 19.1. The van der Waals surface area contributed by atoms with E-state index in [1.54, 1.807) is 0 Å². The van der Waals surface area contributed by atoms with Gasteiger partial charge in [0.05, 0.1) is 12.1 Å². The number of rotatable bonds is 10. The van der Waals surface area contributed by atoms with Crippen molar-refractivity contribution in [3.63, 3.8) is 0 Å². The van der Waals surface area contributed by atoms with Gasteiger partial charge in [-0.3, -0.25) is 0 Å². The third-order valence-electron chi connectivity index (χ3n) is 5.98. The Morgan fingerprint density at radius 3 is 2.88 bits per heavy atom. The molecule has 0 unspecified atom stereocenters. The molecule has 7 nitrogen and oxygen atoms in total. The van der Waals surface area contributed by atoms with E-state index >= 15 is 0 Å². The summed E-state index contributed by atoms with van der Waals surface area (Å²) in [5, 5.41) is 11.3. The number of H-pyrrole nitrogens is 1. The number of pyridine rings is 1. The highest BCUT2D eigenvalue weighted by molar-refractivity contribution is 6.15. The minimum atomic E-state index is 0.140. The fourth-order valence-corrected chi connectivity index (χ4v) is 4.00. The van der Waals surface area contributed by atoms with Crippen LogP contribution < -0.4 is 15.1 Å². The topological polar surface area (TPSA) is 82.6 Å². The Labute approximate surface area is 193 Å². The first-order valence-corrected chi connectivity index (χ1v) is 11.5. The second-order valence-electron chi connectivity index (χ2n) is 8.79. The summed E-state index contributed by atoms with van der Waals surface area (Å²) in [6, 6.07) is 14.9. The minimum Gasteiger partial charge on any atom is -0.490 e. The lowest BCUT2D eigenvalue weighted by atomic mass is 9.99. The summed E-state index contributed by atoms with van der Waals surface area (Å²) < 4.78 is 6.17. The Kier molecular flexibility index (Phi) is 6.17. The van der Waals surface area contributed by atoms with Gasteiger partial charge in [-0.2, -0.15) is 5.48 Å². The van der Waals surface area contributed by atoms with E-state index < -0.39 is 0 Å². The lowest BCUT2D eigenvalue weighted by Crippen LogP contribution is -2.27. The molecule has 0 saturated heterocycles. The van der Waals surface area contributed by atoms with Gasteiger partial charge in [0, 0.05) is 36.1 Å². The number of aromatic amines is 1. The maximum absolute atomic E-state index is 9.11. The van der Waals surface area contributed by atoms with Crippen LogP contribution in [0.25, 0.3) is 33.1 Å². The Balaban J connectivity index is 1.53. The monoisotopic (exact) mass is 446 g/mol. The molecule has 172 valence electrons. The Morgan fingerprint density at radius 2 is 2.06 bits per heavy atom. The van der Waals surface area contributed by atoms with E-state index in [0.717, 1.165) is 56.7 Å². The van der Waals surface area contributed by atoms with Crippen molar-refractivity contribution in [1.82, 2.24) is 20.3 Å². The largest absolute Gasteiger partial charge is 0.490 e. The van der Waals surface area contributed by atoms with Crippen molar-refractivity contribution < 1.29 is 14.7 Å². The molecule has 0 amide bonds. The van der Waals surface area contributed by atoms with Gasteiger partial charge in [0.25, 0.3) is 0 Å². The lowest BCUT2D eigenvalue weighted by Gasteiger charge is -2.16. The van der Waals surface area contributed by atoms with E-state index in [4.69, 9.17) is 14.7 Å². The zero-order chi connectivity index (χ0) is 22.8. The van der Waals surface area contributed by atoms with Gasteiger partial charge in [0.1, 0.15) is 23.8 Å². The second kappa shape index (κ2) is 9.39. The van der Waals surface area contributed by atoms with Crippen molar-refractivity contribution in [3.8, 4) is 22.6 Å². The summed E-state index contributed by atoms with van der Waals surface area (Å²) in [6.45, 7) is 4.08. The molecular weight excluding hydrogens is 416 g/mol. The first-order valence-electron chi connectivity index (χ1n) is 11.5. The molecule has 4 aromatic rings. The number of aromatic nitrogens is 2. The van der Waals surface area contributed by atoms with Crippen LogP contribution in [-0.2, 0) is 0 Å². The van der Waals surface area contributed by atoms with E-state index in [9.17, 15) is 0 Å². The highest BCUT2D eigenvalue weighted by Gasteiger charge is 2.22. The summed E-state index contributed by atoms with van der Waals surface area (Å²) in [5.74, 6) is 1.60. The van der Waals surface area contributed by atoms with Crippen LogP contribution in [0.15, 0.2) is 48.7 Å². The maximum atomic E-state index is 9.11. The predicted molar refractivity (Wildman–Crippen MR) is 131 cm³/mol. The van der Waals surface area contributed by atoms with Crippen molar-refractivity contribution in [2.24, 2.45) is 0 Å². The molecular formula is C26H30N4O3. The SMILES string of the molecule is Cc1cnc2[nH]c3c(OCCN(C)CCO)ccc(-c4cccc(ONC5CC5)c4)c3c2c1. The molecule has 0 aliphatic heterocycles. The summed E-state index contributed by atoms with van der Waals surface area (Å²) in [5.41, 5.74) is 8.18. The minimum absolute atomic E-state index is 0.140. The number of hydrogen-bond donors (Lipinski definition) is 3. The highest BCUT2D eigenvalue weighted by Crippen LogP contribution is 2.39. The molecule has 3 N–H and O–H groups in total. The molecule has 0 bridgehead atoms. The van der Waals surface area contributed by atoms with Gasteiger partial charge in [0.2, 0.25) is 0 Å². The average Bonchev–Trinajstić information content (AvgIpc) is 3.57. The lowest BCUT2D eigenvalue weighted by molar-refractivity contribution is 0.190. The smallest absolute Gasteiger partial charge is 0.147 e. The third-order valence-corrected chi connectivity index (χ3v) is 5.98. The van der Waals surface area contributed by atoms with Crippen molar-refractivity contribution in [3.05, 3.63) is 54.2 Å². The Morgan fingerprint density at radius 1 is 1.18 bits per heavy atom. The van der Waals surface area contributed by atoms with Crippen LogP contribution in [0.1, 0.15) is 18.4 Å². The standard InChI is InChI=1S/C26H30N4O3/c1-17-14-22-24-21(18-4-3-5-20(15-18)33-29-19-6-7-19)8-9-23(25(24)28-26(22)27-16-17)32-13-11-30(2)10-12-31/h3-5,8-9,14-16,19,29,31H,6-7,10-13H2,1-2H3,(H,27,28). The maximum Gasteiger partial charge on any atom is 0.147 e. The molecule has 1 aliphatic rings. The molecule has 0 radical (unpaired) electrons. The molecule has 0 spiro atoms. The van der Waals surface area contributed by atoms with E-state index in [2.05, 4.69) is 46.6 Å². The molecule has 2 heterocycles. The zero-order valence-electron chi connectivity index (χ0n) is 19.1. The average molecular weight is 447 g/mol.